The zero-order valence-corrected chi connectivity index (χ0v) is 17.0. The molecule has 0 unspecified atom stereocenters. The lowest BCUT2D eigenvalue weighted by Crippen LogP contribution is -2.31. The first kappa shape index (κ1) is 20.1. The highest BCUT2D eigenvalue weighted by Crippen LogP contribution is 2.32. The third-order valence-electron chi connectivity index (χ3n) is 3.98. The van der Waals surface area contributed by atoms with Crippen molar-refractivity contribution in [1.29, 1.82) is 0 Å². The van der Waals surface area contributed by atoms with Crippen molar-refractivity contribution in [2.75, 3.05) is 18.5 Å². The number of nitrogens with zero attached hydrogens (tertiary/aromatic N) is 1. The number of rotatable bonds is 7. The van der Waals surface area contributed by atoms with Crippen LogP contribution in [0, 0.1) is 0 Å². The molecule has 0 aliphatic carbocycles. The van der Waals surface area contributed by atoms with E-state index in [-0.39, 0.29) is 24.8 Å². The quantitative estimate of drug-likeness (QED) is 0.542. The fourth-order valence-corrected chi connectivity index (χ4v) is 3.94. The molecule has 2 aromatic rings. The van der Waals surface area contributed by atoms with E-state index >= 15 is 0 Å². The molecule has 5 nitrogen and oxygen atoms in total. The van der Waals surface area contributed by atoms with Crippen LogP contribution in [-0.2, 0) is 9.59 Å². The molecule has 1 aliphatic heterocycles. The van der Waals surface area contributed by atoms with Gasteiger partial charge in [-0.3, -0.25) is 14.5 Å². The maximum absolute atomic E-state index is 12.6. The van der Waals surface area contributed by atoms with Crippen molar-refractivity contribution in [3.05, 3.63) is 65.1 Å². The van der Waals surface area contributed by atoms with Gasteiger partial charge >= 0.3 is 0 Å². The smallest absolute Gasteiger partial charge is 0.266 e. The Morgan fingerprint density at radius 1 is 1.18 bits per heavy atom. The summed E-state index contributed by atoms with van der Waals surface area (Å²) in [7, 11) is 0. The summed E-state index contributed by atoms with van der Waals surface area (Å²) < 4.78 is 5.85. The second-order valence-corrected chi connectivity index (χ2v) is 7.68. The molecule has 28 heavy (non-hydrogen) atoms. The van der Waals surface area contributed by atoms with Crippen LogP contribution < -0.4 is 10.1 Å². The van der Waals surface area contributed by atoms with Crippen LogP contribution in [0.5, 0.6) is 5.75 Å². The van der Waals surface area contributed by atoms with Gasteiger partial charge in [0.05, 0.1) is 11.5 Å². The molecule has 0 spiro atoms. The normalized spacial score (nSPS) is 15.2. The highest BCUT2D eigenvalue weighted by Gasteiger charge is 2.32. The minimum Gasteiger partial charge on any atom is -0.494 e. The Hall–Kier alpha value is -2.64. The van der Waals surface area contributed by atoms with Crippen LogP contribution in [0.1, 0.15) is 18.9 Å². The van der Waals surface area contributed by atoms with Gasteiger partial charge in [0.15, 0.2) is 0 Å². The zero-order chi connectivity index (χ0) is 19.9. The van der Waals surface area contributed by atoms with E-state index < -0.39 is 0 Å². The number of thioether (sulfide) groups is 1. The lowest BCUT2D eigenvalue weighted by molar-refractivity contribution is -0.122. The molecule has 0 bridgehead atoms. The largest absolute Gasteiger partial charge is 0.494 e. The Morgan fingerprint density at radius 3 is 2.57 bits per heavy atom. The molecule has 144 valence electrons. The van der Waals surface area contributed by atoms with Gasteiger partial charge in [-0.1, -0.05) is 54.3 Å². The Balaban J connectivity index is 1.55. The number of hydrogen-bond donors (Lipinski definition) is 1. The van der Waals surface area contributed by atoms with Gasteiger partial charge in [0.2, 0.25) is 5.91 Å². The van der Waals surface area contributed by atoms with E-state index in [4.69, 9.17) is 17.0 Å². The number of hydrogen-bond acceptors (Lipinski definition) is 5. The summed E-state index contributed by atoms with van der Waals surface area (Å²) in [6.45, 7) is 2.76. The van der Waals surface area contributed by atoms with Crippen LogP contribution in [0.4, 0.5) is 5.69 Å². The molecule has 2 aromatic carbocycles. The van der Waals surface area contributed by atoms with Gasteiger partial charge in [-0.15, -0.1) is 0 Å². The predicted octanol–water partition coefficient (Wildman–Crippen LogP) is 4.32. The number of anilines is 1. The molecule has 0 atom stereocenters. The molecular weight excluding hydrogens is 392 g/mol. The highest BCUT2D eigenvalue weighted by molar-refractivity contribution is 8.26. The Morgan fingerprint density at radius 2 is 1.89 bits per heavy atom. The van der Waals surface area contributed by atoms with Crippen LogP contribution in [-0.4, -0.2) is 34.2 Å². The molecule has 0 aromatic heterocycles. The van der Waals surface area contributed by atoms with Gasteiger partial charge in [0.1, 0.15) is 10.1 Å². The lowest BCUT2D eigenvalue weighted by Gasteiger charge is -2.14. The van der Waals surface area contributed by atoms with Crippen molar-refractivity contribution in [3.8, 4) is 5.75 Å². The maximum atomic E-state index is 12.6. The first-order valence-corrected chi connectivity index (χ1v) is 10.1. The average Bonchev–Trinajstić information content (AvgIpc) is 2.95. The maximum Gasteiger partial charge on any atom is 0.266 e. The van der Waals surface area contributed by atoms with E-state index in [9.17, 15) is 9.59 Å². The lowest BCUT2D eigenvalue weighted by atomic mass is 10.2. The van der Waals surface area contributed by atoms with Gasteiger partial charge in [-0.2, -0.15) is 0 Å². The summed E-state index contributed by atoms with van der Waals surface area (Å²) in [6, 6.07) is 16.8. The molecule has 1 aliphatic rings. The van der Waals surface area contributed by atoms with Crippen molar-refractivity contribution in [2.24, 2.45) is 0 Å². The minimum atomic E-state index is -0.176. The van der Waals surface area contributed by atoms with E-state index in [0.717, 1.165) is 11.3 Å². The van der Waals surface area contributed by atoms with Crippen molar-refractivity contribution >= 4 is 51.9 Å². The summed E-state index contributed by atoms with van der Waals surface area (Å²) in [5.41, 5.74) is 1.62. The topological polar surface area (TPSA) is 58.6 Å². The van der Waals surface area contributed by atoms with Crippen molar-refractivity contribution < 1.29 is 14.3 Å². The minimum absolute atomic E-state index is 0.160. The molecular formula is C21H20N2O3S2. The van der Waals surface area contributed by atoms with Crippen LogP contribution in [0.25, 0.3) is 6.08 Å². The summed E-state index contributed by atoms with van der Waals surface area (Å²) in [5.74, 6) is 0.418. The molecule has 7 heteroatoms. The standard InChI is InChI=1S/C21H20N2O3S2/c1-2-26-17-10-8-16(9-11-17)22-19(24)12-13-23-20(25)18(28-21(23)27)14-15-6-4-3-5-7-15/h3-11,14H,2,12-13H2,1H3,(H,22,24). The van der Waals surface area contributed by atoms with E-state index in [0.29, 0.717) is 21.5 Å². The van der Waals surface area contributed by atoms with Crippen molar-refractivity contribution in [3.63, 3.8) is 0 Å². The van der Waals surface area contributed by atoms with Gasteiger partial charge in [0.25, 0.3) is 5.91 Å². The molecule has 1 saturated heterocycles. The third-order valence-corrected chi connectivity index (χ3v) is 5.36. The van der Waals surface area contributed by atoms with Crippen molar-refractivity contribution in [1.82, 2.24) is 4.90 Å². The number of amides is 2. The highest BCUT2D eigenvalue weighted by atomic mass is 32.2. The fourth-order valence-electron chi connectivity index (χ4n) is 2.63. The molecule has 3 rings (SSSR count). The molecule has 0 radical (unpaired) electrons. The molecule has 2 amide bonds. The number of nitrogens with one attached hydrogen (secondary N) is 1. The number of ether oxygens (including phenoxy) is 1. The first-order valence-electron chi connectivity index (χ1n) is 8.90. The second kappa shape index (κ2) is 9.52. The molecule has 0 saturated carbocycles. The van der Waals surface area contributed by atoms with Gasteiger partial charge in [-0.25, -0.2) is 0 Å². The van der Waals surface area contributed by atoms with Crippen LogP contribution >= 0.6 is 24.0 Å². The van der Waals surface area contributed by atoms with Gasteiger partial charge in [-0.05, 0) is 42.8 Å². The van der Waals surface area contributed by atoms with E-state index in [2.05, 4.69) is 5.32 Å². The summed E-state index contributed by atoms with van der Waals surface area (Å²) in [6.07, 6.45) is 1.98. The number of thiocarbonyl (C=S) groups is 1. The number of carbonyl (C=O) groups is 2. The number of benzene rings is 2. The Labute approximate surface area is 173 Å². The molecule has 1 fully saturated rings. The SMILES string of the molecule is CCOc1ccc(NC(=O)CCN2C(=O)C(=Cc3ccccc3)SC2=S)cc1. The number of carbonyl (C=O) groups excluding carboxylic acids is 2. The molecule has 1 heterocycles. The second-order valence-electron chi connectivity index (χ2n) is 6.00. The van der Waals surface area contributed by atoms with Crippen LogP contribution in [0.15, 0.2) is 59.5 Å². The predicted molar refractivity (Wildman–Crippen MR) is 117 cm³/mol. The third kappa shape index (κ3) is 5.21. The van der Waals surface area contributed by atoms with Crippen molar-refractivity contribution in [2.45, 2.75) is 13.3 Å². The van der Waals surface area contributed by atoms with Gasteiger partial charge < -0.3 is 10.1 Å². The summed E-state index contributed by atoms with van der Waals surface area (Å²) >= 11 is 6.58. The van der Waals surface area contributed by atoms with Crippen LogP contribution in [0.2, 0.25) is 0 Å². The van der Waals surface area contributed by atoms with E-state index in [1.54, 1.807) is 24.3 Å². The van der Waals surface area contributed by atoms with Crippen LogP contribution in [0.3, 0.4) is 0 Å². The summed E-state index contributed by atoms with van der Waals surface area (Å²) in [5, 5.41) is 2.82. The zero-order valence-electron chi connectivity index (χ0n) is 15.4. The Kier molecular flexibility index (Phi) is 6.84. The molecule has 1 N–H and O–H groups in total. The average molecular weight is 413 g/mol. The van der Waals surface area contributed by atoms with E-state index in [1.807, 2.05) is 43.3 Å². The van der Waals surface area contributed by atoms with E-state index in [1.165, 1.54) is 16.7 Å². The summed E-state index contributed by atoms with van der Waals surface area (Å²) in [4.78, 5) is 26.9. The fraction of sp³-hybridized carbons (Fsp3) is 0.190. The van der Waals surface area contributed by atoms with Gasteiger partial charge in [0, 0.05) is 18.7 Å². The first-order chi connectivity index (χ1) is 13.6. The Bertz CT molecular complexity index is 896. The monoisotopic (exact) mass is 412 g/mol.